The van der Waals surface area contributed by atoms with Crippen molar-refractivity contribution in [3.63, 3.8) is 0 Å². The normalized spacial score (nSPS) is 32.4. The van der Waals surface area contributed by atoms with E-state index < -0.39 is 23.3 Å². The summed E-state index contributed by atoms with van der Waals surface area (Å²) in [6.07, 6.45) is 7.79. The third-order valence-electron chi connectivity index (χ3n) is 5.90. The first-order valence-electron chi connectivity index (χ1n) is 9.07. The van der Waals surface area contributed by atoms with E-state index in [9.17, 15) is 14.4 Å². The number of allylic oxidation sites excluding steroid dienone is 2. The van der Waals surface area contributed by atoms with Crippen LogP contribution in [0.3, 0.4) is 0 Å². The second-order valence-corrected chi connectivity index (χ2v) is 7.46. The van der Waals surface area contributed by atoms with Crippen molar-refractivity contribution in [1.29, 1.82) is 0 Å². The van der Waals surface area contributed by atoms with E-state index in [0.717, 1.165) is 5.56 Å². The Bertz CT molecular complexity index is 835. The molecule has 2 aliphatic heterocycles. The maximum Gasteiger partial charge on any atom is 0.326 e. The minimum atomic E-state index is -1.23. The summed E-state index contributed by atoms with van der Waals surface area (Å²) < 4.78 is 4.97. The second-order valence-electron chi connectivity index (χ2n) is 7.46. The van der Waals surface area contributed by atoms with Crippen LogP contribution in [-0.2, 0) is 25.7 Å². The molecule has 1 aromatic carbocycles. The average molecular weight is 366 g/mol. The minimum absolute atomic E-state index is 0.0441. The van der Waals surface area contributed by atoms with Crippen LogP contribution in [-0.4, -0.2) is 41.4 Å². The van der Waals surface area contributed by atoms with E-state index >= 15 is 0 Å². The molecule has 4 unspecified atom stereocenters. The van der Waals surface area contributed by atoms with Crippen molar-refractivity contribution < 1.29 is 19.1 Å². The number of hydrogen-bond acceptors (Lipinski definition) is 5. The third-order valence-corrected chi connectivity index (χ3v) is 5.90. The number of amides is 2. The first kappa shape index (κ1) is 17.7. The molecule has 140 valence electrons. The molecule has 0 radical (unpaired) electrons. The zero-order chi connectivity index (χ0) is 19.2. The predicted octanol–water partition coefficient (Wildman–Crippen LogP) is 1.43. The van der Waals surface area contributed by atoms with Gasteiger partial charge >= 0.3 is 5.97 Å². The Morgan fingerprint density at radius 2 is 1.81 bits per heavy atom. The fourth-order valence-electron chi connectivity index (χ4n) is 4.59. The molecule has 4 rings (SSSR count). The molecule has 4 atom stereocenters. The maximum absolute atomic E-state index is 13.2. The molecule has 2 fully saturated rings. The molecule has 27 heavy (non-hydrogen) atoms. The van der Waals surface area contributed by atoms with E-state index in [1.807, 2.05) is 54.6 Å². The van der Waals surface area contributed by atoms with Gasteiger partial charge in [0.1, 0.15) is 5.54 Å². The summed E-state index contributed by atoms with van der Waals surface area (Å²) in [5.74, 6) is -2.47. The standard InChI is InChI=1S/C21H22N2O4/c1-21(20(26)27-2)16-15(17(22-21)14-10-6-7-11-14)18(24)23(19(16)25)12-13-8-4-3-5-9-13/h3-11,14-17,22H,12H2,1-2H3. The van der Waals surface area contributed by atoms with Gasteiger partial charge in [0, 0.05) is 12.0 Å². The van der Waals surface area contributed by atoms with Gasteiger partial charge in [0.05, 0.1) is 25.5 Å². The van der Waals surface area contributed by atoms with Crippen molar-refractivity contribution in [3.05, 3.63) is 60.2 Å². The number of hydrogen-bond donors (Lipinski definition) is 1. The number of esters is 1. The van der Waals surface area contributed by atoms with Crippen molar-refractivity contribution in [1.82, 2.24) is 10.2 Å². The monoisotopic (exact) mass is 366 g/mol. The van der Waals surface area contributed by atoms with Crippen LogP contribution in [0, 0.1) is 17.8 Å². The van der Waals surface area contributed by atoms with Crippen molar-refractivity contribution in [3.8, 4) is 0 Å². The Balaban J connectivity index is 1.71. The summed E-state index contributed by atoms with van der Waals surface area (Å²) in [6.45, 7) is 1.88. The molecule has 2 heterocycles. The number of likely N-dealkylation sites (tertiary alicyclic amines) is 1. The lowest BCUT2D eigenvalue weighted by molar-refractivity contribution is -0.153. The van der Waals surface area contributed by atoms with Gasteiger partial charge in [-0.15, -0.1) is 0 Å². The first-order chi connectivity index (χ1) is 13.0. The van der Waals surface area contributed by atoms with Gasteiger partial charge in [-0.3, -0.25) is 24.6 Å². The average Bonchev–Trinajstić information content (AvgIpc) is 3.36. The highest BCUT2D eigenvalue weighted by Gasteiger charge is 2.67. The van der Waals surface area contributed by atoms with E-state index in [1.54, 1.807) is 6.92 Å². The SMILES string of the molecule is COC(=O)C1(C)NC(C2C=CC=C2)C2C(=O)N(Cc3ccccc3)C(=O)C21. The second kappa shape index (κ2) is 6.46. The molecule has 0 saturated carbocycles. The van der Waals surface area contributed by atoms with E-state index in [0.29, 0.717) is 0 Å². The van der Waals surface area contributed by atoms with Crippen LogP contribution < -0.4 is 5.32 Å². The summed E-state index contributed by atoms with van der Waals surface area (Å²) in [5, 5.41) is 3.26. The molecule has 0 spiro atoms. The number of carbonyl (C=O) groups is 3. The molecule has 1 aromatic rings. The lowest BCUT2D eigenvalue weighted by atomic mass is 9.79. The molecule has 6 heteroatoms. The molecule has 1 aliphatic carbocycles. The van der Waals surface area contributed by atoms with Crippen LogP contribution in [0.15, 0.2) is 54.6 Å². The number of ether oxygens (including phenoxy) is 1. The fraction of sp³-hybridized carbons (Fsp3) is 0.381. The molecule has 3 aliphatic rings. The highest BCUT2D eigenvalue weighted by atomic mass is 16.5. The Morgan fingerprint density at radius 3 is 2.44 bits per heavy atom. The van der Waals surface area contributed by atoms with E-state index in [4.69, 9.17) is 4.74 Å². The van der Waals surface area contributed by atoms with Crippen LogP contribution >= 0.6 is 0 Å². The number of methoxy groups -OCH3 is 1. The molecular weight excluding hydrogens is 344 g/mol. The van der Waals surface area contributed by atoms with Gasteiger partial charge in [-0.05, 0) is 12.5 Å². The summed E-state index contributed by atoms with van der Waals surface area (Å²) in [4.78, 5) is 40.3. The topological polar surface area (TPSA) is 75.7 Å². The van der Waals surface area contributed by atoms with Gasteiger partial charge in [-0.25, -0.2) is 0 Å². The van der Waals surface area contributed by atoms with Crippen LogP contribution in [0.4, 0.5) is 0 Å². The zero-order valence-electron chi connectivity index (χ0n) is 15.3. The third kappa shape index (κ3) is 2.63. The number of carbonyl (C=O) groups excluding carboxylic acids is 3. The molecule has 2 amide bonds. The number of imide groups is 1. The number of fused-ring (bicyclic) bond motifs is 1. The molecule has 1 N–H and O–H groups in total. The van der Waals surface area contributed by atoms with Crippen molar-refractivity contribution in [2.45, 2.75) is 25.0 Å². The zero-order valence-corrected chi connectivity index (χ0v) is 15.3. The smallest absolute Gasteiger partial charge is 0.326 e. The largest absolute Gasteiger partial charge is 0.468 e. The lowest BCUT2D eigenvalue weighted by Gasteiger charge is -2.29. The lowest BCUT2D eigenvalue weighted by Crippen LogP contribution is -2.55. The Labute approximate surface area is 157 Å². The van der Waals surface area contributed by atoms with Crippen LogP contribution in [0.2, 0.25) is 0 Å². The van der Waals surface area contributed by atoms with Crippen molar-refractivity contribution in [2.75, 3.05) is 7.11 Å². The van der Waals surface area contributed by atoms with Gasteiger partial charge in [-0.1, -0.05) is 54.6 Å². The Kier molecular flexibility index (Phi) is 4.23. The molecule has 6 nitrogen and oxygen atoms in total. The van der Waals surface area contributed by atoms with Gasteiger partial charge in [0.25, 0.3) is 0 Å². The van der Waals surface area contributed by atoms with Crippen molar-refractivity contribution >= 4 is 17.8 Å². The van der Waals surface area contributed by atoms with E-state index in [-0.39, 0.29) is 30.3 Å². The molecular formula is C21H22N2O4. The maximum atomic E-state index is 13.2. The number of nitrogens with one attached hydrogen (secondary N) is 1. The predicted molar refractivity (Wildman–Crippen MR) is 98.1 cm³/mol. The van der Waals surface area contributed by atoms with Crippen LogP contribution in [0.1, 0.15) is 12.5 Å². The summed E-state index contributed by atoms with van der Waals surface area (Å²) in [7, 11) is 1.30. The highest BCUT2D eigenvalue weighted by Crippen LogP contribution is 2.46. The van der Waals surface area contributed by atoms with E-state index in [1.165, 1.54) is 12.0 Å². The van der Waals surface area contributed by atoms with Gasteiger partial charge in [-0.2, -0.15) is 0 Å². The summed E-state index contributed by atoms with van der Waals surface area (Å²) in [5.41, 5.74) is -0.351. The minimum Gasteiger partial charge on any atom is -0.468 e. The fourth-order valence-corrected chi connectivity index (χ4v) is 4.59. The van der Waals surface area contributed by atoms with E-state index in [2.05, 4.69) is 5.32 Å². The number of rotatable bonds is 4. The van der Waals surface area contributed by atoms with Crippen LogP contribution in [0.25, 0.3) is 0 Å². The number of benzene rings is 1. The Hall–Kier alpha value is -2.73. The highest BCUT2D eigenvalue weighted by molar-refractivity contribution is 6.09. The quantitative estimate of drug-likeness (QED) is 0.645. The molecule has 0 bridgehead atoms. The summed E-state index contributed by atoms with van der Waals surface area (Å²) >= 11 is 0. The summed E-state index contributed by atoms with van der Waals surface area (Å²) in [6, 6.07) is 9.07. The van der Waals surface area contributed by atoms with Crippen LogP contribution in [0.5, 0.6) is 0 Å². The van der Waals surface area contributed by atoms with Gasteiger partial charge in [0.15, 0.2) is 0 Å². The van der Waals surface area contributed by atoms with Gasteiger partial charge < -0.3 is 4.74 Å². The number of nitrogens with zero attached hydrogens (tertiary/aromatic N) is 1. The van der Waals surface area contributed by atoms with Crippen molar-refractivity contribution in [2.24, 2.45) is 17.8 Å². The molecule has 2 saturated heterocycles. The Morgan fingerprint density at radius 1 is 1.15 bits per heavy atom. The van der Waals surface area contributed by atoms with Gasteiger partial charge in [0.2, 0.25) is 11.8 Å². The molecule has 0 aromatic heterocycles. The first-order valence-corrected chi connectivity index (χ1v) is 9.07.